The molecule has 0 N–H and O–H groups in total. The van der Waals surface area contributed by atoms with Gasteiger partial charge >= 0.3 is 12.1 Å². The van der Waals surface area contributed by atoms with E-state index in [1.165, 1.54) is 0 Å². The molecule has 0 saturated carbocycles. The molecule has 0 bridgehead atoms. The average Bonchev–Trinajstić information content (AvgIpc) is 2.15. The number of esters is 1. The summed E-state index contributed by atoms with van der Waals surface area (Å²) < 4.78 is 40.9. The summed E-state index contributed by atoms with van der Waals surface area (Å²) in [6, 6.07) is 1.64. The number of nitrogens with zero attached hydrogens (tertiary/aromatic N) is 1. The second-order valence-corrected chi connectivity index (χ2v) is 2.92. The minimum Gasteiger partial charge on any atom is -0.464 e. The number of hydrogen-bond acceptors (Lipinski definition) is 3. The molecule has 0 aromatic carbocycles. The van der Waals surface area contributed by atoms with Crippen LogP contribution < -0.4 is 0 Å². The van der Waals surface area contributed by atoms with Gasteiger partial charge in [-0.25, -0.2) is 9.78 Å². The molecule has 0 saturated heterocycles. The standard InChI is InChI=1S/C8H5ClF3NO2/c1-15-7(14)6-4(9)2-3-5(13-6)8(10,11)12/h2-3H,1H3. The van der Waals surface area contributed by atoms with E-state index in [1.54, 1.807) is 0 Å². The van der Waals surface area contributed by atoms with E-state index in [9.17, 15) is 18.0 Å². The van der Waals surface area contributed by atoms with Crippen LogP contribution in [-0.4, -0.2) is 18.1 Å². The smallest absolute Gasteiger partial charge is 0.433 e. The molecule has 7 heteroatoms. The molecule has 82 valence electrons. The van der Waals surface area contributed by atoms with Crippen molar-refractivity contribution in [1.29, 1.82) is 0 Å². The van der Waals surface area contributed by atoms with Crippen molar-refractivity contribution < 1.29 is 22.7 Å². The summed E-state index contributed by atoms with van der Waals surface area (Å²) in [4.78, 5) is 14.1. The molecule has 15 heavy (non-hydrogen) atoms. The summed E-state index contributed by atoms with van der Waals surface area (Å²) in [5.41, 5.74) is -1.73. The number of ether oxygens (including phenoxy) is 1. The third-order valence-corrected chi connectivity index (χ3v) is 1.82. The van der Waals surface area contributed by atoms with Crippen molar-refractivity contribution in [3.05, 3.63) is 28.5 Å². The predicted molar refractivity (Wildman–Crippen MR) is 45.6 cm³/mol. The van der Waals surface area contributed by atoms with Crippen LogP contribution >= 0.6 is 11.6 Å². The first kappa shape index (κ1) is 11.8. The lowest BCUT2D eigenvalue weighted by Crippen LogP contribution is -2.13. The molecule has 0 spiro atoms. The average molecular weight is 240 g/mol. The molecule has 0 radical (unpaired) electrons. The quantitative estimate of drug-likeness (QED) is 0.707. The highest BCUT2D eigenvalue weighted by Gasteiger charge is 2.33. The first-order valence-corrected chi connectivity index (χ1v) is 4.06. The van der Waals surface area contributed by atoms with Gasteiger partial charge in [0.1, 0.15) is 5.69 Å². The van der Waals surface area contributed by atoms with Gasteiger partial charge in [-0.05, 0) is 12.1 Å². The Labute approximate surface area is 87.8 Å². The molecular formula is C8H5ClF3NO2. The van der Waals surface area contributed by atoms with Crippen LogP contribution in [-0.2, 0) is 10.9 Å². The number of aromatic nitrogens is 1. The van der Waals surface area contributed by atoms with E-state index >= 15 is 0 Å². The van der Waals surface area contributed by atoms with E-state index in [4.69, 9.17) is 11.6 Å². The summed E-state index contributed by atoms with van der Waals surface area (Å²) in [6.07, 6.45) is -4.62. The van der Waals surface area contributed by atoms with Gasteiger partial charge in [0.25, 0.3) is 0 Å². The van der Waals surface area contributed by atoms with Crippen LogP contribution in [0.25, 0.3) is 0 Å². The molecule has 1 aromatic heterocycles. The molecule has 1 aromatic rings. The van der Waals surface area contributed by atoms with Gasteiger partial charge in [-0.2, -0.15) is 13.2 Å². The molecule has 0 aliphatic heterocycles. The van der Waals surface area contributed by atoms with Crippen molar-refractivity contribution in [2.75, 3.05) is 7.11 Å². The van der Waals surface area contributed by atoms with Crippen molar-refractivity contribution in [3.8, 4) is 0 Å². The van der Waals surface area contributed by atoms with Crippen LogP contribution in [0.1, 0.15) is 16.2 Å². The maximum absolute atomic E-state index is 12.2. The fourth-order valence-corrected chi connectivity index (χ4v) is 1.02. The summed E-state index contributed by atoms with van der Waals surface area (Å²) >= 11 is 5.49. The van der Waals surface area contributed by atoms with Crippen LogP contribution in [0.15, 0.2) is 12.1 Å². The molecule has 0 aliphatic rings. The topological polar surface area (TPSA) is 39.2 Å². The van der Waals surface area contributed by atoms with E-state index in [0.29, 0.717) is 6.07 Å². The number of rotatable bonds is 1. The number of methoxy groups -OCH3 is 1. The maximum Gasteiger partial charge on any atom is 0.433 e. The molecule has 1 heterocycles. The van der Waals surface area contributed by atoms with Crippen molar-refractivity contribution in [3.63, 3.8) is 0 Å². The number of carbonyl (C=O) groups excluding carboxylic acids is 1. The normalized spacial score (nSPS) is 11.3. The van der Waals surface area contributed by atoms with Crippen molar-refractivity contribution in [2.45, 2.75) is 6.18 Å². The first-order valence-electron chi connectivity index (χ1n) is 3.68. The highest BCUT2D eigenvalue weighted by Crippen LogP contribution is 2.29. The summed E-state index contributed by atoms with van der Waals surface area (Å²) in [7, 11) is 1.03. The van der Waals surface area contributed by atoms with E-state index < -0.39 is 23.5 Å². The third-order valence-electron chi connectivity index (χ3n) is 1.52. The minimum absolute atomic E-state index is 0.185. The van der Waals surface area contributed by atoms with Crippen LogP contribution in [0.5, 0.6) is 0 Å². The molecule has 1 rings (SSSR count). The molecule has 0 aliphatic carbocycles. The zero-order valence-corrected chi connectivity index (χ0v) is 8.19. The largest absolute Gasteiger partial charge is 0.464 e. The van der Waals surface area contributed by atoms with Crippen molar-refractivity contribution in [1.82, 2.24) is 4.98 Å². The van der Waals surface area contributed by atoms with E-state index in [-0.39, 0.29) is 5.02 Å². The van der Waals surface area contributed by atoms with Gasteiger partial charge in [-0.3, -0.25) is 0 Å². The number of halogens is 4. The Balaban J connectivity index is 3.23. The number of hydrogen-bond donors (Lipinski definition) is 0. The lowest BCUT2D eigenvalue weighted by molar-refractivity contribution is -0.141. The first-order chi connectivity index (χ1) is 6.86. The van der Waals surface area contributed by atoms with Gasteiger partial charge in [0, 0.05) is 0 Å². The zero-order valence-electron chi connectivity index (χ0n) is 7.43. The predicted octanol–water partition coefficient (Wildman–Crippen LogP) is 2.54. The van der Waals surface area contributed by atoms with Crippen LogP contribution in [0.4, 0.5) is 13.2 Å². The monoisotopic (exact) mass is 239 g/mol. The summed E-state index contributed by atoms with van der Waals surface area (Å²) in [5.74, 6) is -1.01. The molecule has 3 nitrogen and oxygen atoms in total. The SMILES string of the molecule is COC(=O)c1nc(C(F)(F)F)ccc1Cl. The van der Waals surface area contributed by atoms with Gasteiger partial charge < -0.3 is 4.74 Å². The summed E-state index contributed by atoms with van der Waals surface area (Å²) in [6.45, 7) is 0. The Morgan fingerprint density at radius 2 is 2.07 bits per heavy atom. The highest BCUT2D eigenvalue weighted by molar-refractivity contribution is 6.33. The van der Waals surface area contributed by atoms with E-state index in [0.717, 1.165) is 13.2 Å². The van der Waals surface area contributed by atoms with E-state index in [2.05, 4.69) is 9.72 Å². The maximum atomic E-state index is 12.2. The Bertz CT molecular complexity index is 392. The van der Waals surface area contributed by atoms with E-state index in [1.807, 2.05) is 0 Å². The molecule has 0 atom stereocenters. The number of alkyl halides is 3. The van der Waals surface area contributed by atoms with Crippen LogP contribution in [0.3, 0.4) is 0 Å². The lowest BCUT2D eigenvalue weighted by Gasteiger charge is -2.07. The van der Waals surface area contributed by atoms with Gasteiger partial charge in [0.05, 0.1) is 12.1 Å². The van der Waals surface area contributed by atoms with Crippen LogP contribution in [0, 0.1) is 0 Å². The second-order valence-electron chi connectivity index (χ2n) is 2.52. The number of pyridine rings is 1. The molecule has 0 amide bonds. The third kappa shape index (κ3) is 2.59. The van der Waals surface area contributed by atoms with Gasteiger partial charge in [0.2, 0.25) is 0 Å². The fraction of sp³-hybridized carbons (Fsp3) is 0.250. The number of carbonyl (C=O) groups is 1. The van der Waals surface area contributed by atoms with Crippen molar-refractivity contribution >= 4 is 17.6 Å². The van der Waals surface area contributed by atoms with Crippen LogP contribution in [0.2, 0.25) is 5.02 Å². The Hall–Kier alpha value is -1.30. The zero-order chi connectivity index (χ0) is 11.6. The van der Waals surface area contributed by atoms with Gasteiger partial charge in [-0.15, -0.1) is 0 Å². The highest BCUT2D eigenvalue weighted by atomic mass is 35.5. The summed E-state index contributed by atoms with van der Waals surface area (Å²) in [5, 5.41) is -0.185. The van der Waals surface area contributed by atoms with Crippen molar-refractivity contribution in [2.24, 2.45) is 0 Å². The Kier molecular flexibility index (Phi) is 3.18. The lowest BCUT2D eigenvalue weighted by atomic mass is 10.3. The second kappa shape index (κ2) is 4.06. The Morgan fingerprint density at radius 3 is 2.53 bits per heavy atom. The molecule has 0 fully saturated rings. The molecular weight excluding hydrogens is 235 g/mol. The fourth-order valence-electron chi connectivity index (χ4n) is 0.840. The minimum atomic E-state index is -4.62. The molecule has 0 unspecified atom stereocenters. The van der Waals surface area contributed by atoms with Gasteiger partial charge in [-0.1, -0.05) is 11.6 Å². The van der Waals surface area contributed by atoms with Gasteiger partial charge in [0.15, 0.2) is 5.69 Å². The Morgan fingerprint density at radius 1 is 1.47 bits per heavy atom.